The zero-order chi connectivity index (χ0) is 2.00. The molecule has 0 aromatic carbocycles. The Morgan fingerprint density at radius 2 is 1.25 bits per heavy atom. The maximum atomic E-state index is 3.25. The predicted octanol–water partition coefficient (Wildman–Crippen LogP) is 0.305. The molecule has 0 amide bonds. The van der Waals surface area contributed by atoms with E-state index in [1.54, 1.807) is 6.92 Å². The molecule has 0 nitrogen and oxygen atoms in total. The van der Waals surface area contributed by atoms with E-state index in [9.17, 15) is 0 Å². The van der Waals surface area contributed by atoms with Crippen molar-refractivity contribution in [2.75, 3.05) is 0 Å². The predicted molar refractivity (Wildman–Crippen MR) is 28.6 cm³/mol. The molecule has 0 unspecified atom stereocenters. The molecule has 0 aromatic heterocycles. The molecular weight excluding hydrogens is 79.1 g/mol. The Balaban J connectivity index is -0.00000000500. The van der Waals surface area contributed by atoms with Crippen molar-refractivity contribution in [3.63, 3.8) is 0 Å². The molecule has 0 aliphatic carbocycles. The van der Waals surface area contributed by atoms with Gasteiger partial charge in [0.15, 0.2) is 0 Å². The van der Waals surface area contributed by atoms with Crippen LogP contribution < -0.4 is 0 Å². The van der Waals surface area contributed by atoms with E-state index in [4.69, 9.17) is 0 Å². The minimum absolute atomic E-state index is 0. The summed E-state index contributed by atoms with van der Waals surface area (Å²) in [4.78, 5) is 0. The normalized spacial score (nSPS) is 1.50. The third-order valence-corrected chi connectivity index (χ3v) is 0. The molecule has 23 valence electrons. The summed E-state index contributed by atoms with van der Waals surface area (Å²) in [6, 6.07) is 0. The number of rotatable bonds is 0. The Kier molecular flexibility index (Phi) is 123. The molecule has 0 atom stereocenters. The van der Waals surface area contributed by atoms with Crippen LogP contribution in [0.1, 0.15) is 6.92 Å². The van der Waals surface area contributed by atoms with E-state index in [2.05, 4.69) is 6.92 Å². The first-order valence-corrected chi connectivity index (χ1v) is 0.707. The molecule has 2 heteroatoms. The summed E-state index contributed by atoms with van der Waals surface area (Å²) < 4.78 is 0. The summed E-state index contributed by atoms with van der Waals surface area (Å²) in [6.07, 6.45) is 0. The topological polar surface area (TPSA) is 0 Å². The van der Waals surface area contributed by atoms with Crippen LogP contribution in [0.5, 0.6) is 0 Å². The monoisotopic (exact) mass is 87.0 g/mol. The van der Waals surface area contributed by atoms with Crippen LogP contribution in [0, 0.1) is 6.92 Å². The first kappa shape index (κ1) is 18.3. The van der Waals surface area contributed by atoms with E-state index >= 15 is 0 Å². The summed E-state index contributed by atoms with van der Waals surface area (Å²) in [5.41, 5.74) is 0. The molecular formula is C2H8NaS. The molecule has 0 spiro atoms. The Morgan fingerprint density at radius 1 is 1.25 bits per heavy atom. The van der Waals surface area contributed by atoms with Crippen molar-refractivity contribution in [2.24, 2.45) is 0 Å². The Bertz CT molecular complexity index is 6.00. The standard InChI is InChI=1S/C2H5.Na.H2S.H/c1-2;;;/h1H2,2H3;;1H2;. The Labute approximate surface area is 56.7 Å². The van der Waals surface area contributed by atoms with Crippen LogP contribution in [0.15, 0.2) is 0 Å². The van der Waals surface area contributed by atoms with Gasteiger partial charge in [-0.25, -0.2) is 0 Å². The van der Waals surface area contributed by atoms with Crippen LogP contribution >= 0.6 is 13.5 Å². The molecule has 4 heavy (non-hydrogen) atoms. The van der Waals surface area contributed by atoms with Gasteiger partial charge in [-0.3, -0.25) is 0 Å². The first-order valence-electron chi connectivity index (χ1n) is 0.707. The molecule has 1 radical (unpaired) electrons. The third-order valence-electron chi connectivity index (χ3n) is 0. The quantitative estimate of drug-likeness (QED) is 0.373. The van der Waals surface area contributed by atoms with Gasteiger partial charge in [0, 0.05) is 0 Å². The van der Waals surface area contributed by atoms with Crippen LogP contribution in [0.2, 0.25) is 0 Å². The summed E-state index contributed by atoms with van der Waals surface area (Å²) in [6.45, 7) is 5.00. The summed E-state index contributed by atoms with van der Waals surface area (Å²) in [7, 11) is 0. The summed E-state index contributed by atoms with van der Waals surface area (Å²) in [5, 5.41) is 0. The van der Waals surface area contributed by atoms with Crippen molar-refractivity contribution in [1.82, 2.24) is 0 Å². The van der Waals surface area contributed by atoms with Crippen molar-refractivity contribution in [2.45, 2.75) is 6.92 Å². The summed E-state index contributed by atoms with van der Waals surface area (Å²) in [5.74, 6) is 0. The minimum atomic E-state index is 0. The van der Waals surface area contributed by atoms with Gasteiger partial charge < -0.3 is 0 Å². The van der Waals surface area contributed by atoms with Crippen molar-refractivity contribution in [3.05, 3.63) is 6.92 Å². The van der Waals surface area contributed by atoms with Gasteiger partial charge in [-0.2, -0.15) is 13.5 Å². The number of hydrogen-bond acceptors (Lipinski definition) is 0. The van der Waals surface area contributed by atoms with Gasteiger partial charge in [0.2, 0.25) is 0 Å². The van der Waals surface area contributed by atoms with Crippen molar-refractivity contribution >= 4 is 43.1 Å². The molecule has 0 N–H and O–H groups in total. The molecule has 0 rings (SSSR count). The zero-order valence-electron chi connectivity index (χ0n) is 2.21. The summed E-state index contributed by atoms with van der Waals surface area (Å²) >= 11 is 0. The van der Waals surface area contributed by atoms with Crippen molar-refractivity contribution in [3.8, 4) is 0 Å². The van der Waals surface area contributed by atoms with Crippen LogP contribution in [0.3, 0.4) is 0 Å². The number of hydrogen-bond donors (Lipinski definition) is 0. The van der Waals surface area contributed by atoms with Gasteiger partial charge in [0.1, 0.15) is 0 Å². The van der Waals surface area contributed by atoms with E-state index in [-0.39, 0.29) is 43.1 Å². The molecule has 0 aromatic rings. The molecule has 0 saturated heterocycles. The van der Waals surface area contributed by atoms with Gasteiger partial charge >= 0.3 is 29.6 Å². The average Bonchev–Trinajstić information content (AvgIpc) is 1.00. The van der Waals surface area contributed by atoms with E-state index < -0.39 is 0 Å². The second kappa shape index (κ2) is 26.8. The SMILES string of the molecule is S.[CH2]C.[NaH]. The second-order valence-electron chi connectivity index (χ2n) is 0. The Morgan fingerprint density at radius 3 is 1.25 bits per heavy atom. The molecule has 0 heterocycles. The first-order chi connectivity index (χ1) is 1.00. The van der Waals surface area contributed by atoms with Gasteiger partial charge in [-0.1, -0.05) is 13.8 Å². The van der Waals surface area contributed by atoms with Crippen LogP contribution in [0.4, 0.5) is 0 Å². The van der Waals surface area contributed by atoms with Crippen LogP contribution in [0.25, 0.3) is 0 Å². The van der Waals surface area contributed by atoms with E-state index in [1.807, 2.05) is 0 Å². The molecule has 0 aliphatic heterocycles. The fraction of sp³-hybridized carbons (Fsp3) is 0.500. The van der Waals surface area contributed by atoms with E-state index in [0.717, 1.165) is 0 Å². The van der Waals surface area contributed by atoms with Crippen LogP contribution in [-0.4, -0.2) is 29.6 Å². The third kappa shape index (κ3) is 10.2. The maximum absolute atomic E-state index is 3.25. The molecule has 0 aliphatic rings. The Hall–Kier alpha value is 1.35. The van der Waals surface area contributed by atoms with E-state index in [1.165, 1.54) is 0 Å². The molecule has 0 fully saturated rings. The van der Waals surface area contributed by atoms with Gasteiger partial charge in [0.25, 0.3) is 0 Å². The molecule has 0 bridgehead atoms. The van der Waals surface area contributed by atoms with Crippen molar-refractivity contribution < 1.29 is 0 Å². The van der Waals surface area contributed by atoms with Gasteiger partial charge in [-0.05, 0) is 0 Å². The second-order valence-corrected chi connectivity index (χ2v) is 0. The van der Waals surface area contributed by atoms with Gasteiger partial charge in [-0.15, -0.1) is 0 Å². The fourth-order valence-corrected chi connectivity index (χ4v) is 0. The zero-order valence-corrected chi connectivity index (χ0v) is 3.21. The molecule has 0 saturated carbocycles. The average molecular weight is 87.1 g/mol. The van der Waals surface area contributed by atoms with Crippen molar-refractivity contribution in [1.29, 1.82) is 0 Å². The van der Waals surface area contributed by atoms with Gasteiger partial charge in [0.05, 0.1) is 0 Å². The van der Waals surface area contributed by atoms with Crippen LogP contribution in [-0.2, 0) is 0 Å². The fourth-order valence-electron chi connectivity index (χ4n) is 0. The van der Waals surface area contributed by atoms with E-state index in [0.29, 0.717) is 0 Å².